The highest BCUT2D eigenvalue weighted by Crippen LogP contribution is 2.37. The molecule has 1 unspecified atom stereocenters. The second kappa shape index (κ2) is 7.92. The van der Waals surface area contributed by atoms with Gasteiger partial charge in [-0.05, 0) is 18.1 Å². The molecule has 7 nitrogen and oxygen atoms in total. The van der Waals surface area contributed by atoms with E-state index in [9.17, 15) is 4.79 Å². The third kappa shape index (κ3) is 3.73. The Balaban J connectivity index is 1.46. The SMILES string of the molecule is COCCC(=O)N1CCC(Oc2nccnc2N2CCc3ccccc32)C1. The highest BCUT2D eigenvalue weighted by Gasteiger charge is 2.30. The summed E-state index contributed by atoms with van der Waals surface area (Å²) in [7, 11) is 1.61. The van der Waals surface area contributed by atoms with Crippen LogP contribution in [-0.2, 0) is 16.0 Å². The Morgan fingerprint density at radius 1 is 1.22 bits per heavy atom. The van der Waals surface area contributed by atoms with Crippen molar-refractivity contribution < 1.29 is 14.3 Å². The van der Waals surface area contributed by atoms with Crippen molar-refractivity contribution in [3.05, 3.63) is 42.2 Å². The van der Waals surface area contributed by atoms with Gasteiger partial charge in [-0.25, -0.2) is 9.97 Å². The lowest BCUT2D eigenvalue weighted by atomic mass is 10.2. The summed E-state index contributed by atoms with van der Waals surface area (Å²) in [6.07, 6.45) is 5.47. The molecule has 7 heteroatoms. The minimum absolute atomic E-state index is 0.0650. The zero-order chi connectivity index (χ0) is 18.6. The van der Waals surface area contributed by atoms with E-state index in [-0.39, 0.29) is 12.0 Å². The molecule has 1 amide bonds. The predicted molar refractivity (Wildman–Crippen MR) is 101 cm³/mol. The van der Waals surface area contributed by atoms with Crippen LogP contribution in [0.1, 0.15) is 18.4 Å². The lowest BCUT2D eigenvalue weighted by Crippen LogP contribution is -2.31. The smallest absolute Gasteiger partial charge is 0.258 e. The number of fused-ring (bicyclic) bond motifs is 1. The summed E-state index contributed by atoms with van der Waals surface area (Å²) in [5.74, 6) is 1.38. The minimum Gasteiger partial charge on any atom is -0.470 e. The van der Waals surface area contributed by atoms with E-state index >= 15 is 0 Å². The lowest BCUT2D eigenvalue weighted by Gasteiger charge is -2.22. The van der Waals surface area contributed by atoms with Crippen molar-refractivity contribution in [2.45, 2.75) is 25.4 Å². The second-order valence-electron chi connectivity index (χ2n) is 6.83. The summed E-state index contributed by atoms with van der Waals surface area (Å²) in [5, 5.41) is 0. The van der Waals surface area contributed by atoms with Crippen LogP contribution < -0.4 is 9.64 Å². The fourth-order valence-corrected chi connectivity index (χ4v) is 3.70. The van der Waals surface area contributed by atoms with Gasteiger partial charge in [0, 0.05) is 44.7 Å². The number of rotatable bonds is 6. The molecule has 142 valence electrons. The summed E-state index contributed by atoms with van der Waals surface area (Å²) in [4.78, 5) is 25.1. The van der Waals surface area contributed by atoms with Crippen molar-refractivity contribution >= 4 is 17.4 Å². The molecule has 2 aromatic rings. The van der Waals surface area contributed by atoms with Gasteiger partial charge in [-0.1, -0.05) is 18.2 Å². The highest BCUT2D eigenvalue weighted by atomic mass is 16.5. The molecule has 3 heterocycles. The number of hydrogen-bond acceptors (Lipinski definition) is 6. The van der Waals surface area contributed by atoms with Crippen LogP contribution in [0.3, 0.4) is 0 Å². The minimum atomic E-state index is -0.0650. The Morgan fingerprint density at radius 2 is 2.07 bits per heavy atom. The Kier molecular flexibility index (Phi) is 5.20. The zero-order valence-electron chi connectivity index (χ0n) is 15.5. The molecule has 1 fully saturated rings. The average Bonchev–Trinajstić information content (AvgIpc) is 3.34. The largest absolute Gasteiger partial charge is 0.470 e. The molecule has 2 aliphatic heterocycles. The summed E-state index contributed by atoms with van der Waals surface area (Å²) < 4.78 is 11.2. The summed E-state index contributed by atoms with van der Waals surface area (Å²) in [5.41, 5.74) is 2.47. The van der Waals surface area contributed by atoms with Crippen LogP contribution in [0.15, 0.2) is 36.7 Å². The predicted octanol–water partition coefficient (Wildman–Crippen LogP) is 2.19. The van der Waals surface area contributed by atoms with Gasteiger partial charge in [-0.15, -0.1) is 0 Å². The van der Waals surface area contributed by atoms with Crippen LogP contribution in [0.2, 0.25) is 0 Å². The zero-order valence-corrected chi connectivity index (χ0v) is 15.5. The van der Waals surface area contributed by atoms with Crippen molar-refractivity contribution in [3.8, 4) is 5.88 Å². The number of anilines is 2. The first-order valence-electron chi connectivity index (χ1n) is 9.36. The number of ether oxygens (including phenoxy) is 2. The summed E-state index contributed by atoms with van der Waals surface area (Å²) in [6.45, 7) is 2.59. The number of likely N-dealkylation sites (tertiary alicyclic amines) is 1. The number of para-hydroxylation sites is 1. The number of carbonyl (C=O) groups is 1. The van der Waals surface area contributed by atoms with Gasteiger partial charge in [0.15, 0.2) is 5.82 Å². The van der Waals surface area contributed by atoms with E-state index < -0.39 is 0 Å². The molecule has 27 heavy (non-hydrogen) atoms. The van der Waals surface area contributed by atoms with Gasteiger partial charge >= 0.3 is 0 Å². The van der Waals surface area contributed by atoms with Crippen LogP contribution in [0.4, 0.5) is 11.5 Å². The van der Waals surface area contributed by atoms with Crippen LogP contribution in [0.5, 0.6) is 5.88 Å². The van der Waals surface area contributed by atoms with Crippen LogP contribution in [0.25, 0.3) is 0 Å². The molecule has 1 saturated heterocycles. The van der Waals surface area contributed by atoms with Gasteiger partial charge in [-0.2, -0.15) is 0 Å². The number of hydrogen-bond donors (Lipinski definition) is 0. The normalized spacial score (nSPS) is 18.6. The molecule has 0 spiro atoms. The van der Waals surface area contributed by atoms with Crippen molar-refractivity contribution in [2.24, 2.45) is 0 Å². The van der Waals surface area contributed by atoms with Crippen LogP contribution in [-0.4, -0.2) is 60.2 Å². The fourth-order valence-electron chi connectivity index (χ4n) is 3.70. The lowest BCUT2D eigenvalue weighted by molar-refractivity contribution is -0.131. The van der Waals surface area contributed by atoms with E-state index in [0.717, 1.165) is 30.9 Å². The average molecular weight is 368 g/mol. The number of methoxy groups -OCH3 is 1. The van der Waals surface area contributed by atoms with Crippen molar-refractivity contribution in [1.29, 1.82) is 0 Å². The molecule has 1 aromatic heterocycles. The van der Waals surface area contributed by atoms with Crippen LogP contribution >= 0.6 is 0 Å². The van der Waals surface area contributed by atoms with Crippen molar-refractivity contribution in [1.82, 2.24) is 14.9 Å². The molecule has 0 radical (unpaired) electrons. The molecule has 0 bridgehead atoms. The van der Waals surface area contributed by atoms with Gasteiger partial charge in [0.2, 0.25) is 5.91 Å². The summed E-state index contributed by atoms with van der Waals surface area (Å²) >= 11 is 0. The topological polar surface area (TPSA) is 67.8 Å². The molecule has 0 N–H and O–H groups in total. The van der Waals surface area contributed by atoms with Gasteiger partial charge < -0.3 is 19.3 Å². The van der Waals surface area contributed by atoms with E-state index in [1.807, 2.05) is 11.0 Å². The van der Waals surface area contributed by atoms with Gasteiger partial charge in [0.1, 0.15) is 6.10 Å². The third-order valence-corrected chi connectivity index (χ3v) is 5.09. The number of amides is 1. The molecular formula is C20H24N4O3. The van der Waals surface area contributed by atoms with E-state index in [2.05, 4.69) is 33.1 Å². The molecule has 0 aliphatic carbocycles. The molecule has 0 saturated carbocycles. The fraction of sp³-hybridized carbons (Fsp3) is 0.450. The second-order valence-corrected chi connectivity index (χ2v) is 6.83. The van der Waals surface area contributed by atoms with E-state index in [1.54, 1.807) is 19.5 Å². The number of aromatic nitrogens is 2. The Morgan fingerprint density at radius 3 is 2.96 bits per heavy atom. The number of benzene rings is 1. The maximum Gasteiger partial charge on any atom is 0.258 e. The molecule has 2 aliphatic rings. The van der Waals surface area contributed by atoms with Crippen molar-refractivity contribution in [3.63, 3.8) is 0 Å². The van der Waals surface area contributed by atoms with E-state index in [4.69, 9.17) is 9.47 Å². The van der Waals surface area contributed by atoms with Crippen molar-refractivity contribution in [2.75, 3.05) is 38.3 Å². The maximum atomic E-state index is 12.2. The maximum absolute atomic E-state index is 12.2. The van der Waals surface area contributed by atoms with Gasteiger partial charge in [0.05, 0.1) is 19.6 Å². The molecule has 1 atom stereocenters. The number of carbonyl (C=O) groups excluding carboxylic acids is 1. The standard InChI is InChI=1S/C20H24N4O3/c1-26-13-8-18(25)23-11-7-16(14-23)27-20-19(21-9-10-22-20)24-12-6-15-4-2-3-5-17(15)24/h2-5,9-10,16H,6-8,11-14H2,1H3. The first-order valence-corrected chi connectivity index (χ1v) is 9.36. The van der Waals surface area contributed by atoms with Gasteiger partial charge in [-0.3, -0.25) is 4.79 Å². The van der Waals surface area contributed by atoms with E-state index in [1.165, 1.54) is 5.56 Å². The Bertz CT molecular complexity index is 813. The number of nitrogens with zero attached hydrogens (tertiary/aromatic N) is 4. The first kappa shape index (κ1) is 17.7. The van der Waals surface area contributed by atoms with Crippen LogP contribution in [0, 0.1) is 0 Å². The quantitative estimate of drug-likeness (QED) is 0.779. The monoisotopic (exact) mass is 368 g/mol. The third-order valence-electron chi connectivity index (χ3n) is 5.09. The Labute approximate surface area is 158 Å². The molecule has 4 rings (SSSR count). The van der Waals surface area contributed by atoms with E-state index in [0.29, 0.717) is 32.0 Å². The molecule has 1 aromatic carbocycles. The molecular weight excluding hydrogens is 344 g/mol. The summed E-state index contributed by atoms with van der Waals surface area (Å²) in [6, 6.07) is 8.35. The Hall–Kier alpha value is -2.67. The van der Waals surface area contributed by atoms with Gasteiger partial charge in [0.25, 0.3) is 5.88 Å². The first-order chi connectivity index (χ1) is 13.3. The highest BCUT2D eigenvalue weighted by molar-refractivity contribution is 5.76.